The second-order valence-electron chi connectivity index (χ2n) is 6.25. The van der Waals surface area contributed by atoms with Gasteiger partial charge >= 0.3 is 0 Å². The molecule has 1 saturated heterocycles. The number of piperidine rings is 1. The van der Waals surface area contributed by atoms with Crippen LogP contribution in [0.4, 0.5) is 0 Å². The van der Waals surface area contributed by atoms with Gasteiger partial charge in [-0.25, -0.2) is 0 Å². The molecule has 0 amide bonds. The lowest BCUT2D eigenvalue weighted by Crippen LogP contribution is -2.43. The van der Waals surface area contributed by atoms with Crippen molar-refractivity contribution in [2.75, 3.05) is 40.0 Å². The number of ether oxygens (including phenoxy) is 2. The van der Waals surface area contributed by atoms with Gasteiger partial charge in [-0.05, 0) is 50.0 Å². The molecule has 1 aromatic rings. The van der Waals surface area contributed by atoms with Crippen LogP contribution in [0.5, 0.6) is 5.75 Å². The first-order chi connectivity index (χ1) is 11.8. The van der Waals surface area contributed by atoms with Crippen molar-refractivity contribution in [1.29, 1.82) is 5.26 Å². The number of likely N-dealkylation sites (tertiary alicyclic amines) is 1. The lowest BCUT2D eigenvalue weighted by molar-refractivity contribution is 0.126. The molecule has 0 bridgehead atoms. The van der Waals surface area contributed by atoms with Gasteiger partial charge in [0.05, 0.1) is 19.3 Å². The second-order valence-corrected chi connectivity index (χ2v) is 6.25. The summed E-state index contributed by atoms with van der Waals surface area (Å²) in [7, 11) is 1.76. The molecule has 0 unspecified atom stereocenters. The van der Waals surface area contributed by atoms with Gasteiger partial charge in [0.25, 0.3) is 0 Å². The van der Waals surface area contributed by atoms with Crippen LogP contribution >= 0.6 is 0 Å². The molecule has 0 radical (unpaired) electrons. The molecule has 5 heteroatoms. The van der Waals surface area contributed by atoms with Gasteiger partial charge in [0.1, 0.15) is 5.75 Å². The molecule has 0 saturated carbocycles. The highest BCUT2D eigenvalue weighted by Crippen LogP contribution is 2.15. The largest absolute Gasteiger partial charge is 0.494 e. The van der Waals surface area contributed by atoms with Crippen molar-refractivity contribution >= 4 is 0 Å². The molecule has 0 atom stereocenters. The van der Waals surface area contributed by atoms with E-state index in [-0.39, 0.29) is 0 Å². The Bertz CT molecular complexity index is 508. The molecule has 1 aliphatic rings. The molecule has 1 fully saturated rings. The Labute approximate surface area is 145 Å². The van der Waals surface area contributed by atoms with Crippen LogP contribution in [-0.2, 0) is 11.3 Å². The zero-order valence-corrected chi connectivity index (χ0v) is 14.7. The molecule has 1 aromatic carbocycles. The van der Waals surface area contributed by atoms with Gasteiger partial charge in [-0.2, -0.15) is 5.26 Å². The summed E-state index contributed by atoms with van der Waals surface area (Å²) < 4.78 is 10.8. The molecular formula is C19H29N3O2. The van der Waals surface area contributed by atoms with Crippen LogP contribution in [0.1, 0.15) is 31.2 Å². The van der Waals surface area contributed by atoms with Gasteiger partial charge in [-0.1, -0.05) is 12.1 Å². The van der Waals surface area contributed by atoms with Crippen molar-refractivity contribution in [1.82, 2.24) is 10.2 Å². The second kappa shape index (κ2) is 11.0. The van der Waals surface area contributed by atoms with E-state index in [1.807, 2.05) is 12.1 Å². The molecule has 132 valence electrons. The number of hydrogen-bond donors (Lipinski definition) is 1. The van der Waals surface area contributed by atoms with Crippen molar-refractivity contribution in [3.8, 4) is 11.8 Å². The summed E-state index contributed by atoms with van der Waals surface area (Å²) in [4.78, 5) is 2.47. The minimum Gasteiger partial charge on any atom is -0.494 e. The third kappa shape index (κ3) is 6.88. The summed E-state index contributed by atoms with van der Waals surface area (Å²) >= 11 is 0. The number of nitrogens with one attached hydrogen (secondary N) is 1. The quantitative estimate of drug-likeness (QED) is 0.668. The van der Waals surface area contributed by atoms with E-state index in [4.69, 9.17) is 14.7 Å². The minimum absolute atomic E-state index is 0.546. The summed E-state index contributed by atoms with van der Waals surface area (Å²) in [6, 6.07) is 10.9. The van der Waals surface area contributed by atoms with Crippen LogP contribution in [0.15, 0.2) is 24.3 Å². The molecule has 2 rings (SSSR count). The molecule has 0 aliphatic carbocycles. The van der Waals surface area contributed by atoms with Crippen LogP contribution in [0.25, 0.3) is 0 Å². The smallest absolute Gasteiger partial charge is 0.119 e. The summed E-state index contributed by atoms with van der Waals surface area (Å²) in [5.41, 5.74) is 1.24. The molecule has 1 aliphatic heterocycles. The molecule has 0 spiro atoms. The average Bonchev–Trinajstić information content (AvgIpc) is 2.63. The van der Waals surface area contributed by atoms with Crippen molar-refractivity contribution in [3.63, 3.8) is 0 Å². The Morgan fingerprint density at radius 3 is 2.88 bits per heavy atom. The number of methoxy groups -OCH3 is 1. The highest BCUT2D eigenvalue weighted by molar-refractivity contribution is 5.28. The molecule has 1 heterocycles. The maximum absolute atomic E-state index is 8.54. The first kappa shape index (κ1) is 18.7. The van der Waals surface area contributed by atoms with Crippen LogP contribution in [0.2, 0.25) is 0 Å². The standard InChI is InChI=1S/C19H29N3O2/c1-23-14-12-22-10-7-18(8-11-22)21-16-17-5-4-6-19(15-17)24-13-3-2-9-20/h4-6,15,18,21H,2-3,7-8,10-14,16H2,1H3. The van der Waals surface area contributed by atoms with Gasteiger partial charge in [0.2, 0.25) is 0 Å². The maximum Gasteiger partial charge on any atom is 0.119 e. The number of unbranched alkanes of at least 4 members (excludes halogenated alkanes) is 1. The van der Waals surface area contributed by atoms with Gasteiger partial charge < -0.3 is 19.7 Å². The Kier molecular flexibility index (Phi) is 8.61. The fraction of sp³-hybridized carbons (Fsp3) is 0.632. The van der Waals surface area contributed by atoms with E-state index in [1.54, 1.807) is 7.11 Å². The normalized spacial score (nSPS) is 16.0. The lowest BCUT2D eigenvalue weighted by Gasteiger charge is -2.32. The SMILES string of the molecule is COCCN1CCC(NCc2cccc(OCCCC#N)c2)CC1. The topological polar surface area (TPSA) is 57.5 Å². The Hall–Kier alpha value is -1.61. The van der Waals surface area contributed by atoms with E-state index in [0.717, 1.165) is 45.0 Å². The Morgan fingerprint density at radius 1 is 1.29 bits per heavy atom. The third-order valence-corrected chi connectivity index (χ3v) is 4.39. The first-order valence-corrected chi connectivity index (χ1v) is 8.85. The van der Waals surface area contributed by atoms with E-state index >= 15 is 0 Å². The van der Waals surface area contributed by atoms with Crippen molar-refractivity contribution in [2.24, 2.45) is 0 Å². The number of nitrogens with zero attached hydrogens (tertiary/aromatic N) is 2. The predicted molar refractivity (Wildman–Crippen MR) is 95.0 cm³/mol. The highest BCUT2D eigenvalue weighted by atomic mass is 16.5. The van der Waals surface area contributed by atoms with Crippen molar-refractivity contribution < 1.29 is 9.47 Å². The van der Waals surface area contributed by atoms with Gasteiger partial charge in [-0.3, -0.25) is 0 Å². The van der Waals surface area contributed by atoms with E-state index < -0.39 is 0 Å². The first-order valence-electron chi connectivity index (χ1n) is 8.85. The summed E-state index contributed by atoms with van der Waals surface area (Å²) in [5.74, 6) is 0.890. The average molecular weight is 331 g/mol. The van der Waals surface area contributed by atoms with E-state index in [9.17, 15) is 0 Å². The van der Waals surface area contributed by atoms with Gasteiger partial charge in [0, 0.05) is 32.7 Å². The van der Waals surface area contributed by atoms with Gasteiger partial charge in [-0.15, -0.1) is 0 Å². The Morgan fingerprint density at radius 2 is 2.12 bits per heavy atom. The van der Waals surface area contributed by atoms with Crippen LogP contribution in [0.3, 0.4) is 0 Å². The monoisotopic (exact) mass is 331 g/mol. The summed E-state index contributed by atoms with van der Waals surface area (Å²) in [6.45, 7) is 5.61. The highest BCUT2D eigenvalue weighted by Gasteiger charge is 2.18. The predicted octanol–water partition coefficient (Wildman–Crippen LogP) is 2.57. The van der Waals surface area contributed by atoms with E-state index in [1.165, 1.54) is 18.4 Å². The summed E-state index contributed by atoms with van der Waals surface area (Å²) in [5, 5.41) is 12.2. The van der Waals surface area contributed by atoms with Crippen LogP contribution in [-0.4, -0.2) is 50.9 Å². The van der Waals surface area contributed by atoms with Crippen LogP contribution in [0, 0.1) is 11.3 Å². The van der Waals surface area contributed by atoms with E-state index in [0.29, 0.717) is 19.1 Å². The fourth-order valence-corrected chi connectivity index (χ4v) is 2.93. The molecule has 0 aromatic heterocycles. The zero-order chi connectivity index (χ0) is 17.0. The van der Waals surface area contributed by atoms with Gasteiger partial charge in [0.15, 0.2) is 0 Å². The number of rotatable bonds is 10. The van der Waals surface area contributed by atoms with Crippen LogP contribution < -0.4 is 10.1 Å². The molecular weight excluding hydrogens is 302 g/mol. The minimum atomic E-state index is 0.546. The molecule has 5 nitrogen and oxygen atoms in total. The van der Waals surface area contributed by atoms with Crippen molar-refractivity contribution in [3.05, 3.63) is 29.8 Å². The Balaban J connectivity index is 1.68. The number of benzene rings is 1. The zero-order valence-electron chi connectivity index (χ0n) is 14.7. The third-order valence-electron chi connectivity index (χ3n) is 4.39. The number of hydrogen-bond acceptors (Lipinski definition) is 5. The van der Waals surface area contributed by atoms with Crippen molar-refractivity contribution in [2.45, 2.75) is 38.3 Å². The molecule has 24 heavy (non-hydrogen) atoms. The maximum atomic E-state index is 8.54. The fourth-order valence-electron chi connectivity index (χ4n) is 2.93. The lowest BCUT2D eigenvalue weighted by atomic mass is 10.0. The van der Waals surface area contributed by atoms with E-state index in [2.05, 4.69) is 28.4 Å². The number of nitriles is 1. The summed E-state index contributed by atoms with van der Waals surface area (Å²) in [6.07, 6.45) is 3.70. The molecule has 1 N–H and O–H groups in total.